The summed E-state index contributed by atoms with van der Waals surface area (Å²) in [6.07, 6.45) is 1.39. The van der Waals surface area contributed by atoms with E-state index in [1.807, 2.05) is 0 Å². The van der Waals surface area contributed by atoms with Gasteiger partial charge in [-0.15, -0.1) is 0 Å². The van der Waals surface area contributed by atoms with Gasteiger partial charge in [-0.3, -0.25) is 4.79 Å². The second kappa shape index (κ2) is 6.22. The Morgan fingerprint density at radius 3 is 2.60 bits per heavy atom. The number of carbonyl (C=O) groups is 1. The minimum Gasteiger partial charge on any atom is -0.294 e. The van der Waals surface area contributed by atoms with Gasteiger partial charge in [0, 0.05) is 36.6 Å². The standard InChI is InChI=1S/C13H17ClN2O3S/c1-15-20(18,19)16-8-2-3-11(9-16)13(17)10-4-6-12(14)7-5-10/h4-7,11,15H,2-3,8-9H2,1H3. The first kappa shape index (κ1) is 15.4. The van der Waals surface area contributed by atoms with Crippen molar-refractivity contribution in [2.75, 3.05) is 20.1 Å². The van der Waals surface area contributed by atoms with Gasteiger partial charge in [0.2, 0.25) is 0 Å². The zero-order chi connectivity index (χ0) is 14.8. The number of rotatable bonds is 4. The largest absolute Gasteiger partial charge is 0.294 e. The third-order valence-electron chi connectivity index (χ3n) is 3.48. The summed E-state index contributed by atoms with van der Waals surface area (Å²) in [7, 11) is -2.09. The van der Waals surface area contributed by atoms with E-state index < -0.39 is 10.2 Å². The molecule has 20 heavy (non-hydrogen) atoms. The highest BCUT2D eigenvalue weighted by Gasteiger charge is 2.31. The molecule has 0 aromatic heterocycles. The van der Waals surface area contributed by atoms with Gasteiger partial charge in [-0.2, -0.15) is 12.7 Å². The molecule has 1 fully saturated rings. The molecule has 0 saturated carbocycles. The third kappa shape index (κ3) is 3.38. The van der Waals surface area contributed by atoms with Crippen LogP contribution in [0.3, 0.4) is 0 Å². The fraction of sp³-hybridized carbons (Fsp3) is 0.462. The Labute approximate surface area is 124 Å². The molecule has 0 amide bonds. The molecule has 1 unspecified atom stereocenters. The number of piperidine rings is 1. The van der Waals surface area contributed by atoms with Crippen molar-refractivity contribution in [1.82, 2.24) is 9.03 Å². The Bertz CT molecular complexity index is 586. The topological polar surface area (TPSA) is 66.5 Å². The first-order valence-corrected chi connectivity index (χ1v) is 8.24. The molecular formula is C13H17ClN2O3S. The van der Waals surface area contributed by atoms with E-state index in [1.54, 1.807) is 24.3 Å². The number of halogens is 1. The zero-order valence-corrected chi connectivity index (χ0v) is 12.7. The van der Waals surface area contributed by atoms with Crippen molar-refractivity contribution in [2.45, 2.75) is 12.8 Å². The summed E-state index contributed by atoms with van der Waals surface area (Å²) < 4.78 is 27.2. The second-order valence-corrected chi connectivity index (χ2v) is 7.09. The quantitative estimate of drug-likeness (QED) is 0.860. The molecule has 0 radical (unpaired) electrons. The molecule has 0 spiro atoms. The number of hydrogen-bond acceptors (Lipinski definition) is 3. The average molecular weight is 317 g/mol. The van der Waals surface area contributed by atoms with Crippen LogP contribution in [-0.4, -0.2) is 38.6 Å². The van der Waals surface area contributed by atoms with E-state index in [2.05, 4.69) is 4.72 Å². The van der Waals surface area contributed by atoms with Crippen LogP contribution in [-0.2, 0) is 10.2 Å². The van der Waals surface area contributed by atoms with E-state index in [9.17, 15) is 13.2 Å². The molecule has 1 aliphatic rings. The maximum absolute atomic E-state index is 12.4. The molecule has 1 aromatic rings. The van der Waals surface area contributed by atoms with Gasteiger partial charge in [0.05, 0.1) is 0 Å². The van der Waals surface area contributed by atoms with Gasteiger partial charge in [0.1, 0.15) is 0 Å². The fourth-order valence-electron chi connectivity index (χ4n) is 2.35. The van der Waals surface area contributed by atoms with Crippen LogP contribution >= 0.6 is 11.6 Å². The molecule has 1 N–H and O–H groups in total. The van der Waals surface area contributed by atoms with Crippen LogP contribution in [0.5, 0.6) is 0 Å². The monoisotopic (exact) mass is 316 g/mol. The van der Waals surface area contributed by atoms with E-state index in [-0.39, 0.29) is 18.2 Å². The van der Waals surface area contributed by atoms with Gasteiger partial charge in [0.25, 0.3) is 10.2 Å². The summed E-state index contributed by atoms with van der Waals surface area (Å²) in [6.45, 7) is 0.679. The van der Waals surface area contributed by atoms with E-state index in [1.165, 1.54) is 11.4 Å². The Balaban J connectivity index is 2.13. The molecule has 1 aliphatic heterocycles. The van der Waals surface area contributed by atoms with Crippen LogP contribution in [0, 0.1) is 5.92 Å². The van der Waals surface area contributed by atoms with Crippen molar-refractivity contribution in [3.8, 4) is 0 Å². The second-order valence-electron chi connectivity index (χ2n) is 4.78. The van der Waals surface area contributed by atoms with E-state index >= 15 is 0 Å². The van der Waals surface area contributed by atoms with Crippen LogP contribution in [0.15, 0.2) is 24.3 Å². The lowest BCUT2D eigenvalue weighted by Gasteiger charge is -2.30. The highest BCUT2D eigenvalue weighted by Crippen LogP contribution is 2.23. The normalized spacial score (nSPS) is 20.8. The Kier molecular flexibility index (Phi) is 4.80. The highest BCUT2D eigenvalue weighted by atomic mass is 35.5. The zero-order valence-electron chi connectivity index (χ0n) is 11.2. The smallest absolute Gasteiger partial charge is 0.279 e. The summed E-state index contributed by atoms with van der Waals surface area (Å²) in [6, 6.07) is 6.69. The summed E-state index contributed by atoms with van der Waals surface area (Å²) in [4.78, 5) is 12.4. The minimum absolute atomic E-state index is 0.0299. The van der Waals surface area contributed by atoms with Crippen molar-refractivity contribution in [1.29, 1.82) is 0 Å². The van der Waals surface area contributed by atoms with Crippen LogP contribution in [0.25, 0.3) is 0 Å². The maximum atomic E-state index is 12.4. The van der Waals surface area contributed by atoms with Crippen molar-refractivity contribution >= 4 is 27.6 Å². The number of nitrogens with one attached hydrogen (secondary N) is 1. The average Bonchev–Trinajstić information content (AvgIpc) is 2.47. The lowest BCUT2D eigenvalue weighted by atomic mass is 9.91. The van der Waals surface area contributed by atoms with Gasteiger partial charge in [-0.25, -0.2) is 4.72 Å². The Morgan fingerprint density at radius 1 is 1.35 bits per heavy atom. The fourth-order valence-corrected chi connectivity index (χ4v) is 3.48. The van der Waals surface area contributed by atoms with Crippen LogP contribution < -0.4 is 4.72 Å². The van der Waals surface area contributed by atoms with Gasteiger partial charge >= 0.3 is 0 Å². The summed E-state index contributed by atoms with van der Waals surface area (Å²) in [5, 5.41) is 0.574. The van der Waals surface area contributed by atoms with Crippen molar-refractivity contribution < 1.29 is 13.2 Å². The van der Waals surface area contributed by atoms with Crippen molar-refractivity contribution in [2.24, 2.45) is 5.92 Å². The SMILES string of the molecule is CNS(=O)(=O)N1CCCC(C(=O)c2ccc(Cl)cc2)C1. The van der Waals surface area contributed by atoms with Gasteiger partial charge < -0.3 is 0 Å². The van der Waals surface area contributed by atoms with Gasteiger partial charge in [0.15, 0.2) is 5.78 Å². The summed E-state index contributed by atoms with van der Waals surface area (Å²) in [5.41, 5.74) is 0.572. The predicted octanol–water partition coefficient (Wildman–Crippen LogP) is 1.70. The van der Waals surface area contributed by atoms with Crippen LogP contribution in [0.2, 0.25) is 5.02 Å². The molecule has 1 aromatic carbocycles. The first-order valence-electron chi connectivity index (χ1n) is 6.42. The summed E-state index contributed by atoms with van der Waals surface area (Å²) >= 11 is 5.80. The van der Waals surface area contributed by atoms with Crippen molar-refractivity contribution in [3.63, 3.8) is 0 Å². The maximum Gasteiger partial charge on any atom is 0.279 e. The lowest BCUT2D eigenvalue weighted by molar-refractivity contribution is 0.0872. The Hall–Kier alpha value is -0.950. The number of carbonyl (C=O) groups excluding carboxylic acids is 1. The first-order chi connectivity index (χ1) is 9.44. The van der Waals surface area contributed by atoms with Gasteiger partial charge in [-0.05, 0) is 37.1 Å². The minimum atomic E-state index is -3.47. The molecule has 5 nitrogen and oxygen atoms in total. The number of nitrogens with zero attached hydrogens (tertiary/aromatic N) is 1. The Morgan fingerprint density at radius 2 is 2.00 bits per heavy atom. The molecule has 0 bridgehead atoms. The molecule has 2 rings (SSSR count). The molecule has 0 aliphatic carbocycles. The summed E-state index contributed by atoms with van der Waals surface area (Å²) in [5.74, 6) is -0.328. The number of Topliss-reactive ketones (excluding diaryl/α,β-unsaturated/α-hetero) is 1. The van der Waals surface area contributed by atoms with Crippen molar-refractivity contribution in [3.05, 3.63) is 34.9 Å². The molecule has 7 heteroatoms. The van der Waals surface area contributed by atoms with E-state index in [0.29, 0.717) is 30.0 Å². The van der Waals surface area contributed by atoms with Crippen LogP contribution in [0.1, 0.15) is 23.2 Å². The third-order valence-corrected chi connectivity index (χ3v) is 5.26. The number of hydrogen-bond donors (Lipinski definition) is 1. The highest BCUT2D eigenvalue weighted by molar-refractivity contribution is 7.87. The van der Waals surface area contributed by atoms with Gasteiger partial charge in [-0.1, -0.05) is 11.6 Å². The van der Waals surface area contributed by atoms with E-state index in [4.69, 9.17) is 11.6 Å². The van der Waals surface area contributed by atoms with Crippen LogP contribution in [0.4, 0.5) is 0 Å². The lowest BCUT2D eigenvalue weighted by Crippen LogP contribution is -2.46. The number of benzene rings is 1. The molecule has 1 atom stereocenters. The predicted molar refractivity (Wildman–Crippen MR) is 78.1 cm³/mol. The molecule has 110 valence electrons. The molecule has 1 heterocycles. The number of ketones is 1. The van der Waals surface area contributed by atoms with E-state index in [0.717, 1.165) is 0 Å². The molecular weight excluding hydrogens is 300 g/mol. The molecule has 1 saturated heterocycles.